The lowest BCUT2D eigenvalue weighted by Crippen LogP contribution is -2.43. The highest BCUT2D eigenvalue weighted by Crippen LogP contribution is 2.37. The summed E-state index contributed by atoms with van der Waals surface area (Å²) in [6.45, 7) is 3.62. The van der Waals surface area contributed by atoms with E-state index in [-0.39, 0.29) is 23.3 Å². The highest BCUT2D eigenvalue weighted by molar-refractivity contribution is 7.16. The van der Waals surface area contributed by atoms with Gasteiger partial charge in [0.05, 0.1) is 17.7 Å². The SMILES string of the molecule is N#Cc1c(NC(=O)c2cccc3ccccc23)sc2c1CCN(C(=O)CCN1CCCC(CNC(=O)c3cccnc3F)C1)C2. The third-order valence-electron chi connectivity index (χ3n) is 8.58. The Morgan fingerprint density at radius 1 is 1.04 bits per heavy atom. The molecule has 2 N–H and O–H groups in total. The Morgan fingerprint density at radius 3 is 2.71 bits per heavy atom. The summed E-state index contributed by atoms with van der Waals surface area (Å²) in [5, 5.41) is 18.1. The number of benzene rings is 2. The molecule has 4 aromatic rings. The summed E-state index contributed by atoms with van der Waals surface area (Å²) in [4.78, 5) is 47.5. The average molecular weight is 625 g/mol. The number of nitrogens with one attached hydrogen (secondary N) is 2. The van der Waals surface area contributed by atoms with Crippen molar-refractivity contribution in [1.29, 1.82) is 5.26 Å². The predicted octanol–water partition coefficient (Wildman–Crippen LogP) is 4.98. The Balaban J connectivity index is 1.03. The Hall–Kier alpha value is -4.66. The molecule has 0 saturated carbocycles. The minimum absolute atomic E-state index is 0.0522. The van der Waals surface area contributed by atoms with Gasteiger partial charge in [0.15, 0.2) is 0 Å². The second kappa shape index (κ2) is 13.5. The van der Waals surface area contributed by atoms with Crippen LogP contribution in [0.2, 0.25) is 0 Å². The van der Waals surface area contributed by atoms with Crippen LogP contribution in [0, 0.1) is 23.2 Å². The van der Waals surface area contributed by atoms with Gasteiger partial charge >= 0.3 is 0 Å². The minimum Gasteiger partial charge on any atom is -0.352 e. The van der Waals surface area contributed by atoms with Crippen LogP contribution < -0.4 is 10.6 Å². The van der Waals surface area contributed by atoms with Crippen molar-refractivity contribution < 1.29 is 18.8 Å². The number of pyridine rings is 1. The third-order valence-corrected chi connectivity index (χ3v) is 9.71. The molecule has 1 fully saturated rings. The van der Waals surface area contributed by atoms with E-state index in [0.29, 0.717) is 55.1 Å². The largest absolute Gasteiger partial charge is 0.352 e. The molecule has 1 atom stereocenters. The summed E-state index contributed by atoms with van der Waals surface area (Å²) in [7, 11) is 0. The van der Waals surface area contributed by atoms with Gasteiger partial charge in [0.1, 0.15) is 11.1 Å². The van der Waals surface area contributed by atoms with Gasteiger partial charge in [0.2, 0.25) is 11.9 Å². The van der Waals surface area contributed by atoms with Crippen LogP contribution >= 0.6 is 11.3 Å². The van der Waals surface area contributed by atoms with Gasteiger partial charge in [-0.15, -0.1) is 11.3 Å². The fraction of sp³-hybridized carbons (Fsp3) is 0.324. The van der Waals surface area contributed by atoms with Crippen molar-refractivity contribution in [2.45, 2.75) is 32.2 Å². The van der Waals surface area contributed by atoms with E-state index in [9.17, 15) is 24.0 Å². The third kappa shape index (κ3) is 6.72. The molecular formula is C34H33FN6O3S. The lowest BCUT2D eigenvalue weighted by Gasteiger charge is -2.33. The summed E-state index contributed by atoms with van der Waals surface area (Å²) in [5.74, 6) is -1.25. The minimum atomic E-state index is -0.781. The van der Waals surface area contributed by atoms with E-state index in [4.69, 9.17) is 0 Å². The van der Waals surface area contributed by atoms with Crippen molar-refractivity contribution >= 4 is 44.8 Å². The Labute approximate surface area is 264 Å². The summed E-state index contributed by atoms with van der Waals surface area (Å²) in [6, 6.07) is 18.5. The molecule has 11 heteroatoms. The second-order valence-electron chi connectivity index (χ2n) is 11.5. The molecule has 1 saturated heterocycles. The van der Waals surface area contributed by atoms with Gasteiger partial charge in [-0.05, 0) is 66.3 Å². The maximum absolute atomic E-state index is 13.8. The van der Waals surface area contributed by atoms with Gasteiger partial charge in [-0.2, -0.15) is 9.65 Å². The van der Waals surface area contributed by atoms with Gasteiger partial charge in [-0.25, -0.2) is 4.98 Å². The molecule has 4 heterocycles. The van der Waals surface area contributed by atoms with Gasteiger partial charge in [0.25, 0.3) is 11.8 Å². The molecule has 0 aliphatic carbocycles. The lowest BCUT2D eigenvalue weighted by atomic mass is 9.97. The molecule has 0 spiro atoms. The maximum Gasteiger partial charge on any atom is 0.256 e. The molecule has 2 aromatic carbocycles. The first-order valence-corrected chi connectivity index (χ1v) is 16.0. The van der Waals surface area contributed by atoms with Crippen molar-refractivity contribution in [2.75, 3.05) is 38.0 Å². The van der Waals surface area contributed by atoms with Gasteiger partial charge in [-0.3, -0.25) is 14.4 Å². The average Bonchev–Trinajstić information content (AvgIpc) is 3.42. The number of hydrogen-bond donors (Lipinski definition) is 2. The molecule has 0 radical (unpaired) electrons. The number of likely N-dealkylation sites (tertiary alicyclic amines) is 1. The van der Waals surface area contributed by atoms with E-state index in [1.54, 1.807) is 6.07 Å². The van der Waals surface area contributed by atoms with Crippen LogP contribution in [0.1, 0.15) is 56.0 Å². The molecule has 6 rings (SSSR count). The highest BCUT2D eigenvalue weighted by Gasteiger charge is 2.29. The molecule has 2 aliphatic rings. The molecule has 2 aliphatic heterocycles. The van der Waals surface area contributed by atoms with E-state index in [2.05, 4.69) is 26.6 Å². The monoisotopic (exact) mass is 624 g/mol. The number of aromatic nitrogens is 1. The number of rotatable bonds is 8. The van der Waals surface area contributed by atoms with Crippen LogP contribution in [0.25, 0.3) is 10.8 Å². The van der Waals surface area contributed by atoms with Gasteiger partial charge in [0, 0.05) is 49.2 Å². The quantitative estimate of drug-likeness (QED) is 0.267. The summed E-state index contributed by atoms with van der Waals surface area (Å²) >= 11 is 1.37. The van der Waals surface area contributed by atoms with Crippen molar-refractivity contribution in [3.63, 3.8) is 0 Å². The zero-order valence-electron chi connectivity index (χ0n) is 24.7. The number of carbonyl (C=O) groups is 3. The van der Waals surface area contributed by atoms with Crippen molar-refractivity contribution in [1.82, 2.24) is 20.1 Å². The zero-order valence-corrected chi connectivity index (χ0v) is 25.5. The second-order valence-corrected chi connectivity index (χ2v) is 12.6. The number of piperidine rings is 1. The van der Waals surface area contributed by atoms with Crippen LogP contribution in [0.4, 0.5) is 9.39 Å². The maximum atomic E-state index is 13.8. The van der Waals surface area contributed by atoms with E-state index >= 15 is 0 Å². The molecular weight excluding hydrogens is 591 g/mol. The first kappa shape index (κ1) is 30.4. The summed E-state index contributed by atoms with van der Waals surface area (Å²) < 4.78 is 13.8. The number of thiophene rings is 1. The smallest absolute Gasteiger partial charge is 0.256 e. The van der Waals surface area contributed by atoms with E-state index in [1.807, 2.05) is 41.3 Å². The molecule has 230 valence electrons. The molecule has 0 bridgehead atoms. The normalized spacial score (nSPS) is 16.5. The first-order valence-electron chi connectivity index (χ1n) is 15.1. The number of carbonyl (C=O) groups excluding carboxylic acids is 3. The zero-order chi connectivity index (χ0) is 31.3. The number of hydrogen-bond acceptors (Lipinski definition) is 7. The van der Waals surface area contributed by atoms with E-state index in [1.165, 1.54) is 29.7 Å². The predicted molar refractivity (Wildman–Crippen MR) is 170 cm³/mol. The van der Waals surface area contributed by atoms with Crippen molar-refractivity contribution in [3.05, 3.63) is 93.9 Å². The molecule has 3 amide bonds. The standard InChI is InChI=1S/C34H33FN6O3S/c35-31-27(11-4-14-37-31)32(43)38-19-22-6-5-15-40(20-22)16-13-30(42)41-17-12-25-28(18-36)34(45-29(25)21-41)39-33(44)26-10-3-8-23-7-1-2-9-24(23)26/h1-4,7-11,14,22H,5-6,12-13,15-17,19-21H2,(H,38,43)(H,39,44). The number of nitriles is 1. The number of nitrogens with zero attached hydrogens (tertiary/aromatic N) is 4. The summed E-state index contributed by atoms with van der Waals surface area (Å²) in [5.41, 5.74) is 1.87. The fourth-order valence-corrected chi connectivity index (χ4v) is 7.45. The van der Waals surface area contributed by atoms with Gasteiger partial charge < -0.3 is 20.4 Å². The first-order chi connectivity index (χ1) is 21.9. The number of halogens is 1. The van der Waals surface area contributed by atoms with Crippen LogP contribution in [-0.2, 0) is 17.8 Å². The van der Waals surface area contributed by atoms with Crippen LogP contribution in [0.15, 0.2) is 60.8 Å². The number of anilines is 1. The van der Waals surface area contributed by atoms with E-state index in [0.717, 1.165) is 47.1 Å². The topological polar surface area (TPSA) is 118 Å². The van der Waals surface area contributed by atoms with Crippen LogP contribution in [0.5, 0.6) is 0 Å². The van der Waals surface area contributed by atoms with Crippen LogP contribution in [0.3, 0.4) is 0 Å². The van der Waals surface area contributed by atoms with E-state index < -0.39 is 11.9 Å². The van der Waals surface area contributed by atoms with Gasteiger partial charge in [-0.1, -0.05) is 36.4 Å². The highest BCUT2D eigenvalue weighted by atomic mass is 32.1. The number of amides is 3. The Bertz CT molecular complexity index is 1800. The van der Waals surface area contributed by atoms with Crippen molar-refractivity contribution in [3.8, 4) is 6.07 Å². The lowest BCUT2D eigenvalue weighted by molar-refractivity contribution is -0.132. The molecule has 1 unspecified atom stereocenters. The Kier molecular flexibility index (Phi) is 9.14. The van der Waals surface area contributed by atoms with Crippen molar-refractivity contribution in [2.24, 2.45) is 5.92 Å². The fourth-order valence-electron chi connectivity index (χ4n) is 6.24. The number of fused-ring (bicyclic) bond motifs is 2. The molecule has 9 nitrogen and oxygen atoms in total. The molecule has 45 heavy (non-hydrogen) atoms. The summed E-state index contributed by atoms with van der Waals surface area (Å²) in [6.07, 6.45) is 4.16. The Morgan fingerprint density at radius 2 is 1.87 bits per heavy atom. The molecule has 2 aromatic heterocycles. The van der Waals surface area contributed by atoms with Crippen LogP contribution in [-0.4, -0.2) is 65.2 Å².